The van der Waals surface area contributed by atoms with Gasteiger partial charge in [-0.05, 0) is 61.4 Å². The lowest BCUT2D eigenvalue weighted by molar-refractivity contribution is 0.186. The minimum absolute atomic E-state index is 0.114. The van der Waals surface area contributed by atoms with Gasteiger partial charge in [-0.25, -0.2) is 0 Å². The van der Waals surface area contributed by atoms with Crippen molar-refractivity contribution in [3.05, 3.63) is 44.2 Å². The number of hydrogen-bond acceptors (Lipinski definition) is 4. The summed E-state index contributed by atoms with van der Waals surface area (Å²) in [7, 11) is 4.26. The van der Waals surface area contributed by atoms with E-state index in [-0.39, 0.29) is 6.10 Å². The number of aromatic nitrogens is 1. The van der Waals surface area contributed by atoms with Crippen LogP contribution in [0.1, 0.15) is 35.1 Å². The first-order chi connectivity index (χ1) is 11.0. The molecule has 2 aromatic rings. The fourth-order valence-electron chi connectivity index (χ4n) is 3.53. The van der Waals surface area contributed by atoms with Crippen molar-refractivity contribution < 1.29 is 9.26 Å². The summed E-state index contributed by atoms with van der Waals surface area (Å²) in [6.07, 6.45) is 3.72. The Morgan fingerprint density at radius 2 is 2.13 bits per heavy atom. The molecule has 2 aliphatic rings. The number of halogens is 2. The summed E-state index contributed by atoms with van der Waals surface area (Å²) in [6.45, 7) is 0. The Kier molecular flexibility index (Phi) is 3.90. The van der Waals surface area contributed by atoms with Crippen molar-refractivity contribution in [2.75, 3.05) is 14.1 Å². The van der Waals surface area contributed by atoms with E-state index in [1.165, 1.54) is 5.56 Å². The third-order valence-corrected chi connectivity index (χ3v) is 5.63. The van der Waals surface area contributed by atoms with Crippen LogP contribution in [0.5, 0.6) is 5.75 Å². The van der Waals surface area contributed by atoms with Gasteiger partial charge in [0, 0.05) is 28.6 Å². The van der Waals surface area contributed by atoms with Crippen LogP contribution in [-0.2, 0) is 19.3 Å². The van der Waals surface area contributed by atoms with Gasteiger partial charge in [0.05, 0.1) is 10.2 Å². The molecule has 2 heterocycles. The fourth-order valence-corrected chi connectivity index (χ4v) is 4.50. The van der Waals surface area contributed by atoms with Gasteiger partial charge in [0.15, 0.2) is 11.9 Å². The highest BCUT2D eigenvalue weighted by Gasteiger charge is 2.35. The van der Waals surface area contributed by atoms with E-state index in [0.717, 1.165) is 52.9 Å². The summed E-state index contributed by atoms with van der Waals surface area (Å²) < 4.78 is 12.7. The van der Waals surface area contributed by atoms with Crippen molar-refractivity contribution in [1.82, 2.24) is 10.1 Å². The molecule has 0 spiro atoms. The van der Waals surface area contributed by atoms with Crippen LogP contribution in [0.2, 0.25) is 5.02 Å². The van der Waals surface area contributed by atoms with E-state index in [1.807, 2.05) is 12.1 Å². The number of rotatable bonds is 2. The van der Waals surface area contributed by atoms with Crippen molar-refractivity contribution in [2.24, 2.45) is 0 Å². The van der Waals surface area contributed by atoms with Gasteiger partial charge in [-0.3, -0.25) is 0 Å². The summed E-state index contributed by atoms with van der Waals surface area (Å²) in [4.78, 5) is 2.28. The number of benzene rings is 1. The summed E-state index contributed by atoms with van der Waals surface area (Å²) in [5.74, 6) is 1.75. The topological polar surface area (TPSA) is 38.5 Å². The van der Waals surface area contributed by atoms with Crippen LogP contribution in [0.3, 0.4) is 0 Å². The Balaban J connectivity index is 1.64. The molecule has 122 valence electrons. The van der Waals surface area contributed by atoms with Gasteiger partial charge >= 0.3 is 0 Å². The maximum atomic E-state index is 6.15. The second kappa shape index (κ2) is 5.80. The van der Waals surface area contributed by atoms with Crippen LogP contribution in [0.15, 0.2) is 21.1 Å². The first-order valence-electron chi connectivity index (χ1n) is 7.81. The first-order valence-corrected chi connectivity index (χ1v) is 8.98. The average Bonchev–Trinajstić information content (AvgIpc) is 3.09. The normalized spacial score (nSPS) is 22.8. The highest BCUT2D eigenvalue weighted by molar-refractivity contribution is 9.10. The van der Waals surface area contributed by atoms with Crippen molar-refractivity contribution in [2.45, 2.75) is 37.8 Å². The molecular weight excluding hydrogens is 380 g/mol. The predicted molar refractivity (Wildman–Crippen MR) is 92.2 cm³/mol. The summed E-state index contributed by atoms with van der Waals surface area (Å²) in [5.41, 5.74) is 3.43. The van der Waals surface area contributed by atoms with Crippen LogP contribution in [-0.4, -0.2) is 30.2 Å². The third kappa shape index (κ3) is 2.69. The maximum Gasteiger partial charge on any atom is 0.181 e. The smallest absolute Gasteiger partial charge is 0.181 e. The standard InChI is InChI=1S/C17H18BrClN2O2/c1-21(2)11-3-4-14-12(8-11)17(23-20-14)15-6-9-5-10(19)7-13(18)16(9)22-15/h5,7,11,15H,3-4,6,8H2,1-2H3/t11?,15-/m0/s1. The van der Waals surface area contributed by atoms with Gasteiger partial charge in [-0.15, -0.1) is 0 Å². The second-order valence-electron chi connectivity index (χ2n) is 6.52. The number of nitrogens with zero attached hydrogens (tertiary/aromatic N) is 2. The van der Waals surface area contributed by atoms with Gasteiger partial charge in [0.25, 0.3) is 0 Å². The summed E-state index contributed by atoms with van der Waals surface area (Å²) in [6, 6.07) is 4.36. The molecule has 1 aromatic heterocycles. The van der Waals surface area contributed by atoms with Crippen LogP contribution < -0.4 is 4.74 Å². The molecule has 0 radical (unpaired) electrons. The van der Waals surface area contributed by atoms with E-state index < -0.39 is 0 Å². The number of aryl methyl sites for hydroxylation is 1. The molecule has 1 aliphatic heterocycles. The van der Waals surface area contributed by atoms with Crippen LogP contribution in [0, 0.1) is 0 Å². The van der Waals surface area contributed by atoms with Crippen molar-refractivity contribution in [3.63, 3.8) is 0 Å². The minimum Gasteiger partial charge on any atom is -0.481 e. The molecule has 0 saturated carbocycles. The monoisotopic (exact) mass is 396 g/mol. The molecule has 0 amide bonds. The van der Waals surface area contributed by atoms with Gasteiger partial charge in [0.2, 0.25) is 0 Å². The molecule has 0 N–H and O–H groups in total. The first kappa shape index (κ1) is 15.5. The van der Waals surface area contributed by atoms with E-state index in [0.29, 0.717) is 11.1 Å². The molecule has 2 atom stereocenters. The van der Waals surface area contributed by atoms with Crippen molar-refractivity contribution in [1.29, 1.82) is 0 Å². The molecule has 23 heavy (non-hydrogen) atoms. The third-order valence-electron chi connectivity index (χ3n) is 4.83. The Morgan fingerprint density at radius 1 is 1.30 bits per heavy atom. The molecule has 1 aliphatic carbocycles. The van der Waals surface area contributed by atoms with E-state index >= 15 is 0 Å². The number of ether oxygens (including phenoxy) is 1. The van der Waals surface area contributed by atoms with E-state index in [2.05, 4.69) is 40.1 Å². The Labute approximate surface area is 148 Å². The van der Waals surface area contributed by atoms with Crippen molar-refractivity contribution in [3.8, 4) is 5.75 Å². The van der Waals surface area contributed by atoms with Crippen molar-refractivity contribution >= 4 is 27.5 Å². The quantitative estimate of drug-likeness (QED) is 0.762. The molecule has 1 aromatic carbocycles. The average molecular weight is 398 g/mol. The fraction of sp³-hybridized carbons (Fsp3) is 0.471. The molecule has 0 fully saturated rings. The highest BCUT2D eigenvalue weighted by atomic mass is 79.9. The summed E-state index contributed by atoms with van der Waals surface area (Å²) in [5, 5.41) is 5.00. The SMILES string of the molecule is CN(C)C1CCc2noc([C@@H]3Cc4cc(Cl)cc(Br)c4O3)c2C1. The molecule has 1 unspecified atom stereocenters. The minimum atomic E-state index is -0.114. The largest absolute Gasteiger partial charge is 0.481 e. The van der Waals surface area contributed by atoms with Crippen LogP contribution in [0.25, 0.3) is 0 Å². The van der Waals surface area contributed by atoms with E-state index in [1.54, 1.807) is 0 Å². The van der Waals surface area contributed by atoms with Gasteiger partial charge < -0.3 is 14.2 Å². The molecule has 0 saturated heterocycles. The van der Waals surface area contributed by atoms with Crippen LogP contribution >= 0.6 is 27.5 Å². The lowest BCUT2D eigenvalue weighted by Gasteiger charge is -2.27. The van der Waals surface area contributed by atoms with Crippen LogP contribution in [0.4, 0.5) is 0 Å². The van der Waals surface area contributed by atoms with E-state index in [4.69, 9.17) is 20.9 Å². The van der Waals surface area contributed by atoms with Gasteiger partial charge in [-0.1, -0.05) is 16.8 Å². The Morgan fingerprint density at radius 3 is 2.91 bits per heavy atom. The molecule has 4 nitrogen and oxygen atoms in total. The molecular formula is C17H18BrClN2O2. The number of fused-ring (bicyclic) bond motifs is 2. The zero-order valence-electron chi connectivity index (χ0n) is 13.1. The van der Waals surface area contributed by atoms with Gasteiger partial charge in [0.1, 0.15) is 5.75 Å². The maximum absolute atomic E-state index is 6.15. The zero-order chi connectivity index (χ0) is 16.1. The van der Waals surface area contributed by atoms with Gasteiger partial charge in [-0.2, -0.15) is 0 Å². The zero-order valence-corrected chi connectivity index (χ0v) is 15.4. The number of hydrogen-bond donors (Lipinski definition) is 0. The molecule has 6 heteroatoms. The Bertz CT molecular complexity index is 759. The Hall–Kier alpha value is -1.04. The second-order valence-corrected chi connectivity index (χ2v) is 7.81. The molecule has 4 rings (SSSR count). The lowest BCUT2D eigenvalue weighted by atomic mass is 9.89. The highest BCUT2D eigenvalue weighted by Crippen LogP contribution is 2.44. The predicted octanol–water partition coefficient (Wildman–Crippen LogP) is 4.19. The lowest BCUT2D eigenvalue weighted by Crippen LogP contribution is -2.33. The number of likely N-dealkylation sites (N-methyl/N-ethyl adjacent to an activating group) is 1. The van der Waals surface area contributed by atoms with E-state index in [9.17, 15) is 0 Å². The summed E-state index contributed by atoms with van der Waals surface area (Å²) >= 11 is 9.67. The molecule has 0 bridgehead atoms.